The summed E-state index contributed by atoms with van der Waals surface area (Å²) in [5.41, 5.74) is 3.76. The summed E-state index contributed by atoms with van der Waals surface area (Å²) in [4.78, 5) is 14.7. The lowest BCUT2D eigenvalue weighted by molar-refractivity contribution is 0.0671. The lowest BCUT2D eigenvalue weighted by Crippen LogP contribution is -2.53. The number of ether oxygens (including phenoxy) is 1. The Kier molecular flexibility index (Phi) is 5.08. The first kappa shape index (κ1) is 17.5. The van der Waals surface area contributed by atoms with E-state index in [-0.39, 0.29) is 12.1 Å². The third-order valence-electron chi connectivity index (χ3n) is 4.88. The molecule has 1 aliphatic heterocycles. The zero-order valence-electron chi connectivity index (χ0n) is 15.3. The number of nitrogens with zero attached hydrogens (tertiary/aromatic N) is 3. The van der Waals surface area contributed by atoms with Gasteiger partial charge in [-0.1, -0.05) is 37.3 Å². The second-order valence-corrected chi connectivity index (χ2v) is 6.68. The number of carbonyl (C=O) groups is 1. The molecule has 0 spiro atoms. The van der Waals surface area contributed by atoms with Gasteiger partial charge in [0.05, 0.1) is 36.3 Å². The van der Waals surface area contributed by atoms with Gasteiger partial charge >= 0.3 is 6.03 Å². The molecule has 0 aliphatic carbocycles. The molecule has 6 nitrogen and oxygen atoms in total. The molecule has 25 heavy (non-hydrogen) atoms. The molecular weight excluding hydrogens is 316 g/mol. The zero-order valence-corrected chi connectivity index (χ0v) is 15.3. The first-order valence-electron chi connectivity index (χ1n) is 8.68. The van der Waals surface area contributed by atoms with Gasteiger partial charge in [-0.2, -0.15) is 5.10 Å². The molecule has 3 rings (SSSR count). The molecule has 1 aromatic carbocycles. The fourth-order valence-electron chi connectivity index (χ4n) is 3.51. The average molecular weight is 342 g/mol. The van der Waals surface area contributed by atoms with Crippen molar-refractivity contribution < 1.29 is 9.53 Å². The molecule has 0 bridgehead atoms. The van der Waals surface area contributed by atoms with Crippen molar-refractivity contribution in [3.63, 3.8) is 0 Å². The normalized spacial score (nSPS) is 19.6. The predicted molar refractivity (Wildman–Crippen MR) is 97.6 cm³/mol. The minimum Gasteiger partial charge on any atom is -0.383 e. The van der Waals surface area contributed by atoms with Crippen LogP contribution in [0.1, 0.15) is 29.9 Å². The molecular formula is C19H26N4O2. The first-order chi connectivity index (χ1) is 12.0. The monoisotopic (exact) mass is 342 g/mol. The Bertz CT molecular complexity index is 741. The molecule has 1 aromatic heterocycles. The number of benzene rings is 1. The van der Waals surface area contributed by atoms with Gasteiger partial charge in [-0.05, 0) is 25.3 Å². The van der Waals surface area contributed by atoms with Crippen molar-refractivity contribution in [1.82, 2.24) is 14.7 Å². The van der Waals surface area contributed by atoms with Gasteiger partial charge in [0, 0.05) is 13.7 Å². The van der Waals surface area contributed by atoms with Gasteiger partial charge < -0.3 is 15.0 Å². The van der Waals surface area contributed by atoms with Crippen LogP contribution in [0.2, 0.25) is 0 Å². The summed E-state index contributed by atoms with van der Waals surface area (Å²) in [7, 11) is 1.67. The minimum absolute atomic E-state index is 0.0653. The lowest BCUT2D eigenvalue weighted by Gasteiger charge is -2.46. The number of amides is 2. The molecule has 2 aromatic rings. The summed E-state index contributed by atoms with van der Waals surface area (Å²) >= 11 is 0. The minimum atomic E-state index is -0.0653. The van der Waals surface area contributed by atoms with Gasteiger partial charge in [-0.15, -0.1) is 0 Å². The summed E-state index contributed by atoms with van der Waals surface area (Å²) in [6.45, 7) is 8.10. The standard InChI is InChI=1S/C19H26N4O2/c1-13-12-22(18(13)16-8-6-5-7-9-16)19(24)20-17-14(2)21-23(15(17)3)10-11-25-4/h5-9,13,18H,10-12H2,1-4H3,(H,20,24)/t13-,18+/m0/s1. The average Bonchev–Trinajstić information content (AvgIpc) is 2.86. The molecule has 1 saturated heterocycles. The van der Waals surface area contributed by atoms with Gasteiger partial charge in [0.2, 0.25) is 0 Å². The molecule has 2 heterocycles. The van der Waals surface area contributed by atoms with Gasteiger partial charge in [0.1, 0.15) is 0 Å². The van der Waals surface area contributed by atoms with Gasteiger partial charge in [-0.3, -0.25) is 4.68 Å². The number of carbonyl (C=O) groups excluding carboxylic acids is 1. The van der Waals surface area contributed by atoms with Gasteiger partial charge in [0.25, 0.3) is 0 Å². The Labute approximate surface area is 148 Å². The van der Waals surface area contributed by atoms with Crippen LogP contribution in [0.4, 0.5) is 10.5 Å². The topological polar surface area (TPSA) is 59.4 Å². The number of nitrogens with one attached hydrogen (secondary N) is 1. The van der Waals surface area contributed by atoms with E-state index >= 15 is 0 Å². The molecule has 134 valence electrons. The van der Waals surface area contributed by atoms with E-state index in [9.17, 15) is 4.79 Å². The van der Waals surface area contributed by atoms with Crippen molar-refractivity contribution in [2.45, 2.75) is 33.4 Å². The summed E-state index contributed by atoms with van der Waals surface area (Å²) in [5.74, 6) is 0.458. The quantitative estimate of drug-likeness (QED) is 0.906. The van der Waals surface area contributed by atoms with Crippen molar-refractivity contribution in [2.24, 2.45) is 5.92 Å². The van der Waals surface area contributed by atoms with E-state index in [1.54, 1.807) is 7.11 Å². The smallest absolute Gasteiger partial charge is 0.322 e. The van der Waals surface area contributed by atoms with Gasteiger partial charge in [-0.25, -0.2) is 4.79 Å². The van der Waals surface area contributed by atoms with E-state index in [0.717, 1.165) is 23.6 Å². The van der Waals surface area contributed by atoms with Crippen LogP contribution in [0, 0.1) is 19.8 Å². The summed E-state index contributed by atoms with van der Waals surface area (Å²) < 4.78 is 6.99. The summed E-state index contributed by atoms with van der Waals surface area (Å²) in [6.07, 6.45) is 0. The van der Waals surface area contributed by atoms with E-state index in [0.29, 0.717) is 19.1 Å². The van der Waals surface area contributed by atoms with Crippen molar-refractivity contribution in [2.75, 3.05) is 25.6 Å². The third-order valence-corrected chi connectivity index (χ3v) is 4.88. The number of likely N-dealkylation sites (tertiary alicyclic amines) is 1. The Balaban J connectivity index is 1.73. The highest BCUT2D eigenvalue weighted by atomic mass is 16.5. The number of aromatic nitrogens is 2. The highest BCUT2D eigenvalue weighted by Crippen LogP contribution is 2.38. The lowest BCUT2D eigenvalue weighted by atomic mass is 9.85. The van der Waals surface area contributed by atoms with Crippen LogP contribution < -0.4 is 5.32 Å². The molecule has 1 fully saturated rings. The van der Waals surface area contributed by atoms with Crippen molar-refractivity contribution in [3.05, 3.63) is 47.3 Å². The van der Waals surface area contributed by atoms with Crippen LogP contribution in [0.25, 0.3) is 0 Å². The number of hydrogen-bond acceptors (Lipinski definition) is 3. The number of hydrogen-bond donors (Lipinski definition) is 1. The van der Waals surface area contributed by atoms with E-state index < -0.39 is 0 Å². The number of urea groups is 1. The summed E-state index contributed by atoms with van der Waals surface area (Å²) in [5, 5.41) is 7.56. The molecule has 0 unspecified atom stereocenters. The predicted octanol–water partition coefficient (Wildman–Crippen LogP) is 3.37. The van der Waals surface area contributed by atoms with Crippen molar-refractivity contribution in [3.8, 4) is 0 Å². The molecule has 0 radical (unpaired) electrons. The number of anilines is 1. The highest BCUT2D eigenvalue weighted by Gasteiger charge is 2.40. The Morgan fingerprint density at radius 2 is 2.04 bits per heavy atom. The number of methoxy groups -OCH3 is 1. The molecule has 2 amide bonds. The Morgan fingerprint density at radius 3 is 2.68 bits per heavy atom. The fourth-order valence-corrected chi connectivity index (χ4v) is 3.51. The molecule has 2 atom stereocenters. The van der Waals surface area contributed by atoms with Crippen LogP contribution in [0.3, 0.4) is 0 Å². The molecule has 6 heteroatoms. The maximum Gasteiger partial charge on any atom is 0.322 e. The highest BCUT2D eigenvalue weighted by molar-refractivity contribution is 5.91. The third kappa shape index (κ3) is 3.39. The van der Waals surface area contributed by atoms with Crippen molar-refractivity contribution in [1.29, 1.82) is 0 Å². The maximum atomic E-state index is 12.8. The van der Waals surface area contributed by atoms with E-state index in [1.165, 1.54) is 5.56 Å². The van der Waals surface area contributed by atoms with Crippen LogP contribution in [0.15, 0.2) is 30.3 Å². The Hall–Kier alpha value is -2.34. The second-order valence-electron chi connectivity index (χ2n) is 6.68. The van der Waals surface area contributed by atoms with Crippen molar-refractivity contribution >= 4 is 11.7 Å². The van der Waals surface area contributed by atoms with Crippen LogP contribution in [-0.4, -0.2) is 41.0 Å². The number of aryl methyl sites for hydroxylation is 1. The second kappa shape index (κ2) is 7.27. The maximum absolute atomic E-state index is 12.8. The van der Waals surface area contributed by atoms with Crippen LogP contribution in [-0.2, 0) is 11.3 Å². The Morgan fingerprint density at radius 1 is 1.32 bits per heavy atom. The fraction of sp³-hybridized carbons (Fsp3) is 0.474. The first-order valence-corrected chi connectivity index (χ1v) is 8.68. The van der Waals surface area contributed by atoms with E-state index in [2.05, 4.69) is 29.5 Å². The van der Waals surface area contributed by atoms with Gasteiger partial charge in [0.15, 0.2) is 0 Å². The van der Waals surface area contributed by atoms with E-state index in [4.69, 9.17) is 4.74 Å². The zero-order chi connectivity index (χ0) is 18.0. The summed E-state index contributed by atoms with van der Waals surface area (Å²) in [6, 6.07) is 10.3. The van der Waals surface area contributed by atoms with E-state index in [1.807, 2.05) is 41.6 Å². The van der Waals surface area contributed by atoms with Crippen LogP contribution >= 0.6 is 0 Å². The molecule has 1 N–H and O–H groups in total. The molecule has 1 aliphatic rings. The SMILES string of the molecule is COCCn1nc(C)c(NC(=O)N2C[C@H](C)[C@@H]2c2ccccc2)c1C. The largest absolute Gasteiger partial charge is 0.383 e. The van der Waals surface area contributed by atoms with Crippen LogP contribution in [0.5, 0.6) is 0 Å². The molecule has 0 saturated carbocycles. The number of rotatable bonds is 5.